The summed E-state index contributed by atoms with van der Waals surface area (Å²) in [5.41, 5.74) is 0.984. The number of piperidine rings is 1. The molecule has 3 rings (SSSR count). The largest absolute Gasteiger partial charge is 0.446 e. The summed E-state index contributed by atoms with van der Waals surface area (Å²) in [5.74, 6) is 0.790. The molecule has 1 aromatic heterocycles. The lowest BCUT2D eigenvalue weighted by molar-refractivity contribution is -0.138. The number of ether oxygens (including phenoxy) is 1. The van der Waals surface area contributed by atoms with Crippen molar-refractivity contribution in [1.82, 2.24) is 20.6 Å². The second kappa shape index (κ2) is 9.60. The summed E-state index contributed by atoms with van der Waals surface area (Å²) in [5, 5.41) is 8.91. The summed E-state index contributed by atoms with van der Waals surface area (Å²) in [6.45, 7) is 3.28. The minimum atomic E-state index is -4.32. The number of hydrogen-bond acceptors (Lipinski definition) is 6. The Morgan fingerprint density at radius 2 is 1.93 bits per heavy atom. The lowest BCUT2D eigenvalue weighted by atomic mass is 10.0. The normalized spacial score (nSPS) is 24.1. The fraction of sp³-hybridized carbons (Fsp3) is 0.737. The van der Waals surface area contributed by atoms with Gasteiger partial charge in [-0.2, -0.15) is 13.2 Å². The quantitative estimate of drug-likeness (QED) is 0.661. The Morgan fingerprint density at radius 1 is 1.24 bits per heavy atom. The molecule has 1 saturated heterocycles. The van der Waals surface area contributed by atoms with Crippen LogP contribution in [-0.4, -0.2) is 53.5 Å². The van der Waals surface area contributed by atoms with Gasteiger partial charge in [-0.05, 0) is 63.6 Å². The van der Waals surface area contributed by atoms with Gasteiger partial charge in [0.15, 0.2) is 0 Å². The predicted octanol–water partition coefficient (Wildman–Crippen LogP) is 3.34. The van der Waals surface area contributed by atoms with Gasteiger partial charge in [0.05, 0.1) is 6.42 Å². The van der Waals surface area contributed by atoms with Gasteiger partial charge in [0, 0.05) is 24.5 Å². The molecule has 2 aliphatic rings. The molecule has 1 saturated carbocycles. The van der Waals surface area contributed by atoms with Gasteiger partial charge in [-0.15, -0.1) is 0 Å². The first-order valence-corrected chi connectivity index (χ1v) is 10.1. The van der Waals surface area contributed by atoms with Crippen LogP contribution in [0.5, 0.6) is 0 Å². The van der Waals surface area contributed by atoms with Crippen molar-refractivity contribution in [2.24, 2.45) is 0 Å². The van der Waals surface area contributed by atoms with E-state index in [1.807, 2.05) is 0 Å². The molecule has 1 aliphatic carbocycles. The summed E-state index contributed by atoms with van der Waals surface area (Å²) in [6, 6.07) is -0.641. The average molecular weight is 415 g/mol. The molecule has 2 heterocycles. The van der Waals surface area contributed by atoms with Crippen LogP contribution in [0.15, 0.2) is 12.4 Å². The summed E-state index contributed by atoms with van der Waals surface area (Å²) in [4.78, 5) is 20.6. The Balaban J connectivity index is 1.43. The van der Waals surface area contributed by atoms with Gasteiger partial charge in [-0.1, -0.05) is 0 Å². The smallest absolute Gasteiger partial charge is 0.407 e. The van der Waals surface area contributed by atoms with E-state index in [1.54, 1.807) is 12.4 Å². The number of halogens is 3. The number of aromatic nitrogens is 2. The number of amides is 1. The van der Waals surface area contributed by atoms with Gasteiger partial charge in [-0.25, -0.2) is 14.8 Å². The van der Waals surface area contributed by atoms with Crippen molar-refractivity contribution in [3.63, 3.8) is 0 Å². The van der Waals surface area contributed by atoms with E-state index in [0.29, 0.717) is 24.8 Å². The van der Waals surface area contributed by atoms with Crippen LogP contribution in [0.1, 0.15) is 56.9 Å². The van der Waals surface area contributed by atoms with Crippen molar-refractivity contribution in [3.05, 3.63) is 18.0 Å². The number of nitrogens with one attached hydrogen (secondary N) is 3. The van der Waals surface area contributed by atoms with E-state index in [0.717, 1.165) is 37.9 Å². The van der Waals surface area contributed by atoms with Crippen molar-refractivity contribution < 1.29 is 22.7 Å². The summed E-state index contributed by atoms with van der Waals surface area (Å²) in [7, 11) is 0. The van der Waals surface area contributed by atoms with Gasteiger partial charge in [0.1, 0.15) is 6.10 Å². The first-order chi connectivity index (χ1) is 13.8. The maximum absolute atomic E-state index is 12.3. The maximum atomic E-state index is 12.3. The van der Waals surface area contributed by atoms with E-state index < -0.39 is 24.7 Å². The van der Waals surface area contributed by atoms with Crippen LogP contribution >= 0.6 is 0 Å². The van der Waals surface area contributed by atoms with Crippen molar-refractivity contribution in [2.45, 2.75) is 75.7 Å². The van der Waals surface area contributed by atoms with Gasteiger partial charge >= 0.3 is 12.3 Å². The molecule has 3 N–H and O–H groups in total. The zero-order valence-corrected chi connectivity index (χ0v) is 16.5. The second-order valence-corrected chi connectivity index (χ2v) is 7.91. The highest BCUT2D eigenvalue weighted by Crippen LogP contribution is 2.35. The van der Waals surface area contributed by atoms with E-state index in [2.05, 4.69) is 25.9 Å². The molecule has 0 radical (unpaired) electrons. The molecule has 1 aromatic rings. The molecule has 0 spiro atoms. The van der Waals surface area contributed by atoms with Crippen molar-refractivity contribution in [3.8, 4) is 0 Å². The van der Waals surface area contributed by atoms with Crippen LogP contribution in [-0.2, 0) is 4.74 Å². The molecule has 0 aromatic carbocycles. The lowest BCUT2D eigenvalue weighted by Gasteiger charge is -2.23. The van der Waals surface area contributed by atoms with Crippen LogP contribution < -0.4 is 16.0 Å². The minimum absolute atomic E-state index is 0.174. The van der Waals surface area contributed by atoms with E-state index in [9.17, 15) is 18.0 Å². The van der Waals surface area contributed by atoms with E-state index >= 15 is 0 Å². The van der Waals surface area contributed by atoms with Crippen LogP contribution in [0.3, 0.4) is 0 Å². The van der Waals surface area contributed by atoms with E-state index in [4.69, 9.17) is 4.74 Å². The molecule has 0 unspecified atom stereocenters. The second-order valence-electron chi connectivity index (χ2n) is 7.91. The van der Waals surface area contributed by atoms with Crippen molar-refractivity contribution in [1.29, 1.82) is 0 Å². The molecule has 2 fully saturated rings. The monoisotopic (exact) mass is 415 g/mol. The number of carbonyl (C=O) groups excluding carboxylic acids is 1. The number of nitrogens with zero attached hydrogens (tertiary/aromatic N) is 2. The Hall–Kier alpha value is -2.10. The van der Waals surface area contributed by atoms with Crippen LogP contribution in [0, 0.1) is 0 Å². The number of alkyl halides is 3. The predicted molar refractivity (Wildman–Crippen MR) is 102 cm³/mol. The number of alkyl carbamates (subject to hydrolysis) is 1. The highest BCUT2D eigenvalue weighted by atomic mass is 19.4. The zero-order chi connectivity index (χ0) is 20.9. The summed E-state index contributed by atoms with van der Waals surface area (Å²) < 4.78 is 42.3. The van der Waals surface area contributed by atoms with E-state index in [1.165, 1.54) is 6.92 Å². The van der Waals surface area contributed by atoms with E-state index in [-0.39, 0.29) is 12.0 Å². The fourth-order valence-electron chi connectivity index (χ4n) is 3.91. The Bertz CT molecular complexity index is 665. The third kappa shape index (κ3) is 7.02. The van der Waals surface area contributed by atoms with Gasteiger partial charge < -0.3 is 20.7 Å². The topological polar surface area (TPSA) is 88.2 Å². The molecule has 162 valence electrons. The summed E-state index contributed by atoms with van der Waals surface area (Å²) in [6.07, 6.45) is 1.27. The molecule has 1 aliphatic heterocycles. The van der Waals surface area contributed by atoms with Crippen LogP contribution in [0.25, 0.3) is 0 Å². The molecular weight excluding hydrogens is 387 g/mol. The first-order valence-electron chi connectivity index (χ1n) is 10.1. The third-order valence-electron chi connectivity index (χ3n) is 5.38. The number of anilines is 1. The van der Waals surface area contributed by atoms with Crippen LogP contribution in [0.4, 0.5) is 23.9 Å². The SMILES string of the molecule is C[C@@H](CC(F)(F)F)NC(=O)O[C@@H]1CC[C@H](c2cnc(NC3CCNCC3)nc2)C1. The molecule has 1 amide bonds. The molecule has 29 heavy (non-hydrogen) atoms. The Morgan fingerprint density at radius 3 is 2.59 bits per heavy atom. The summed E-state index contributed by atoms with van der Waals surface area (Å²) >= 11 is 0. The van der Waals surface area contributed by atoms with Gasteiger partial charge in [-0.3, -0.25) is 0 Å². The molecule has 10 heteroatoms. The standard InChI is InChI=1S/C19H28F3N5O2/c1-12(9-19(20,21)22)26-18(28)29-16-3-2-13(8-16)14-10-24-17(25-11-14)27-15-4-6-23-7-5-15/h10-13,15-16,23H,2-9H2,1H3,(H,26,28)(H,24,25,27)/t12-,13-,16+/m0/s1. The van der Waals surface area contributed by atoms with Crippen molar-refractivity contribution in [2.75, 3.05) is 18.4 Å². The van der Waals surface area contributed by atoms with Crippen LogP contribution in [0.2, 0.25) is 0 Å². The molecular formula is C19H28F3N5O2. The number of hydrogen-bond donors (Lipinski definition) is 3. The minimum Gasteiger partial charge on any atom is -0.446 e. The highest BCUT2D eigenvalue weighted by Gasteiger charge is 2.32. The Labute approximate surface area is 168 Å². The molecule has 7 nitrogen and oxygen atoms in total. The zero-order valence-electron chi connectivity index (χ0n) is 16.5. The molecule has 0 bridgehead atoms. The third-order valence-corrected chi connectivity index (χ3v) is 5.38. The van der Waals surface area contributed by atoms with Gasteiger partial charge in [0.2, 0.25) is 5.95 Å². The maximum Gasteiger partial charge on any atom is 0.407 e. The number of rotatable bonds is 6. The lowest BCUT2D eigenvalue weighted by Crippen LogP contribution is -2.37. The van der Waals surface area contributed by atoms with Gasteiger partial charge in [0.25, 0.3) is 0 Å². The fourth-order valence-corrected chi connectivity index (χ4v) is 3.91. The Kier molecular flexibility index (Phi) is 7.15. The number of carbonyl (C=O) groups is 1. The average Bonchev–Trinajstić information content (AvgIpc) is 3.09. The van der Waals surface area contributed by atoms with Crippen molar-refractivity contribution >= 4 is 12.0 Å². The highest BCUT2D eigenvalue weighted by molar-refractivity contribution is 5.67. The first kappa shape index (κ1) is 21.6. The molecule has 3 atom stereocenters.